The van der Waals surface area contributed by atoms with Gasteiger partial charge in [0, 0.05) is 18.2 Å². The topological polar surface area (TPSA) is 96.0 Å². The summed E-state index contributed by atoms with van der Waals surface area (Å²) in [6, 6.07) is 28.6. The maximum atomic E-state index is 12.6. The number of methoxy groups -OCH3 is 1. The first-order valence-electron chi connectivity index (χ1n) is 13.1. The zero-order valence-corrected chi connectivity index (χ0v) is 22.9. The summed E-state index contributed by atoms with van der Waals surface area (Å²) >= 11 is 0. The van der Waals surface area contributed by atoms with Crippen LogP contribution in [0.2, 0.25) is 0 Å². The molecular weight excluding hydrogens is 532 g/mol. The van der Waals surface area contributed by atoms with Crippen LogP contribution in [0.5, 0.6) is 5.75 Å². The average Bonchev–Trinajstić information content (AvgIpc) is 3.03. The Bertz CT molecular complexity index is 1580. The van der Waals surface area contributed by atoms with E-state index in [0.29, 0.717) is 34.6 Å². The molecule has 0 heterocycles. The van der Waals surface area contributed by atoms with Gasteiger partial charge in [-0.05, 0) is 71.8 Å². The highest BCUT2D eigenvalue weighted by atomic mass is 16.6. The molecule has 0 saturated heterocycles. The van der Waals surface area contributed by atoms with Crippen molar-refractivity contribution in [3.05, 3.63) is 149 Å². The number of hydrogen-bond donors (Lipinski definition) is 0. The molecule has 0 amide bonds. The van der Waals surface area contributed by atoms with Crippen LogP contribution >= 0.6 is 0 Å². The first kappa shape index (κ1) is 29.6. The maximum absolute atomic E-state index is 12.6. The zero-order chi connectivity index (χ0) is 29.7. The summed E-state index contributed by atoms with van der Waals surface area (Å²) in [7, 11) is 1.53. The minimum absolute atomic E-state index is 0.108. The zero-order valence-electron chi connectivity index (χ0n) is 22.9. The number of ketones is 2. The van der Waals surface area contributed by atoms with Gasteiger partial charge in [-0.15, -0.1) is 0 Å². The maximum Gasteiger partial charge on any atom is 0.343 e. The van der Waals surface area contributed by atoms with E-state index in [-0.39, 0.29) is 18.2 Å². The van der Waals surface area contributed by atoms with E-state index in [9.17, 15) is 19.2 Å². The van der Waals surface area contributed by atoms with Gasteiger partial charge in [-0.1, -0.05) is 66.7 Å². The number of hydrogen-bond acceptors (Lipinski definition) is 7. The van der Waals surface area contributed by atoms with Crippen LogP contribution in [-0.4, -0.2) is 43.8 Å². The highest BCUT2D eigenvalue weighted by Gasteiger charge is 2.10. The predicted octanol–water partition coefficient (Wildman–Crippen LogP) is 6.50. The second-order valence-electron chi connectivity index (χ2n) is 9.05. The Hall–Kier alpha value is -5.40. The van der Waals surface area contributed by atoms with Gasteiger partial charge in [-0.25, -0.2) is 9.59 Å². The summed E-state index contributed by atoms with van der Waals surface area (Å²) in [5.74, 6) is -1.03. The molecule has 0 radical (unpaired) electrons. The van der Waals surface area contributed by atoms with Crippen LogP contribution in [-0.2, 0) is 9.47 Å². The fourth-order valence-corrected chi connectivity index (χ4v) is 3.75. The minimum atomic E-state index is -0.545. The molecule has 0 aromatic heterocycles. The molecule has 0 saturated carbocycles. The molecule has 0 bridgehead atoms. The van der Waals surface area contributed by atoms with Gasteiger partial charge in [-0.2, -0.15) is 0 Å². The summed E-state index contributed by atoms with van der Waals surface area (Å²) in [6.45, 7) is 0.499. The summed E-state index contributed by atoms with van der Waals surface area (Å²) in [6.07, 6.45) is 6.25. The van der Waals surface area contributed by atoms with E-state index in [4.69, 9.17) is 14.2 Å². The molecular formula is C35H28O7. The second-order valence-corrected chi connectivity index (χ2v) is 9.05. The Morgan fingerprint density at radius 3 is 1.55 bits per heavy atom. The van der Waals surface area contributed by atoms with Gasteiger partial charge in [0.2, 0.25) is 0 Å². The minimum Gasteiger partial charge on any atom is -0.460 e. The normalized spacial score (nSPS) is 11.0. The highest BCUT2D eigenvalue weighted by molar-refractivity contribution is 6.07. The number of carbonyl (C=O) groups is 4. The van der Waals surface area contributed by atoms with Gasteiger partial charge >= 0.3 is 11.9 Å². The molecule has 7 heteroatoms. The average molecular weight is 561 g/mol. The van der Waals surface area contributed by atoms with E-state index < -0.39 is 11.9 Å². The lowest BCUT2D eigenvalue weighted by molar-refractivity contribution is 0.0387. The molecule has 4 aromatic rings. The lowest BCUT2D eigenvalue weighted by atomic mass is 10.1. The fourth-order valence-electron chi connectivity index (χ4n) is 3.75. The summed E-state index contributed by atoms with van der Waals surface area (Å²) in [4.78, 5) is 49.4. The monoisotopic (exact) mass is 560 g/mol. The van der Waals surface area contributed by atoms with Crippen LogP contribution in [0.1, 0.15) is 52.6 Å². The summed E-state index contributed by atoms with van der Waals surface area (Å²) < 4.78 is 15.4. The van der Waals surface area contributed by atoms with Crippen molar-refractivity contribution in [2.24, 2.45) is 0 Å². The Morgan fingerprint density at radius 2 is 1.02 bits per heavy atom. The fraction of sp³-hybridized carbons (Fsp3) is 0.0857. The Morgan fingerprint density at radius 1 is 0.548 bits per heavy atom. The third kappa shape index (κ3) is 8.55. The second kappa shape index (κ2) is 14.8. The first-order chi connectivity index (χ1) is 20.4. The quantitative estimate of drug-likeness (QED) is 0.0641. The van der Waals surface area contributed by atoms with E-state index in [2.05, 4.69) is 0 Å². The van der Waals surface area contributed by atoms with E-state index in [1.807, 2.05) is 6.07 Å². The predicted molar refractivity (Wildman–Crippen MR) is 160 cm³/mol. The highest BCUT2D eigenvalue weighted by Crippen LogP contribution is 2.17. The van der Waals surface area contributed by atoms with Crippen molar-refractivity contribution in [2.75, 3.05) is 20.3 Å². The molecule has 0 aliphatic carbocycles. The van der Waals surface area contributed by atoms with Crippen molar-refractivity contribution in [2.45, 2.75) is 0 Å². The molecule has 4 rings (SSSR count). The van der Waals surface area contributed by atoms with Gasteiger partial charge in [0.15, 0.2) is 11.6 Å². The Labute approximate surface area is 243 Å². The van der Waals surface area contributed by atoms with Crippen LogP contribution < -0.4 is 4.74 Å². The smallest absolute Gasteiger partial charge is 0.343 e. The molecule has 210 valence electrons. The molecule has 0 N–H and O–H groups in total. The van der Waals surface area contributed by atoms with Crippen LogP contribution in [0, 0.1) is 0 Å². The van der Waals surface area contributed by atoms with Crippen molar-refractivity contribution in [3.63, 3.8) is 0 Å². The van der Waals surface area contributed by atoms with Gasteiger partial charge < -0.3 is 14.2 Å². The van der Waals surface area contributed by atoms with Crippen LogP contribution in [0.4, 0.5) is 0 Å². The summed E-state index contributed by atoms with van der Waals surface area (Å²) in [5.41, 5.74) is 3.28. The van der Waals surface area contributed by atoms with Crippen molar-refractivity contribution >= 4 is 35.7 Å². The van der Waals surface area contributed by atoms with Crippen LogP contribution in [0.25, 0.3) is 12.2 Å². The lowest BCUT2D eigenvalue weighted by Crippen LogP contribution is -2.09. The molecule has 42 heavy (non-hydrogen) atoms. The number of esters is 2. The van der Waals surface area contributed by atoms with Crippen LogP contribution in [0.15, 0.2) is 115 Å². The van der Waals surface area contributed by atoms with E-state index in [1.165, 1.54) is 19.3 Å². The van der Waals surface area contributed by atoms with E-state index in [1.54, 1.807) is 109 Å². The van der Waals surface area contributed by atoms with Gasteiger partial charge in [-0.3, -0.25) is 9.59 Å². The SMILES string of the molecule is COCCOC(=O)c1ccc(C=CC(=O)c2ccc(OC(=O)c3ccc(C=CC(=O)c4ccccc4)cc3)cc2)cc1. The van der Waals surface area contributed by atoms with Crippen molar-refractivity contribution in [3.8, 4) is 5.75 Å². The molecule has 0 aliphatic rings. The molecule has 0 unspecified atom stereocenters. The van der Waals surface area contributed by atoms with Gasteiger partial charge in [0.25, 0.3) is 0 Å². The Kier molecular flexibility index (Phi) is 10.4. The van der Waals surface area contributed by atoms with E-state index >= 15 is 0 Å². The Balaban J connectivity index is 1.28. The third-order valence-corrected chi connectivity index (χ3v) is 6.08. The van der Waals surface area contributed by atoms with Crippen LogP contribution in [0.3, 0.4) is 0 Å². The third-order valence-electron chi connectivity index (χ3n) is 6.08. The standard InChI is InChI=1S/C35H28O7/c1-40-23-24-41-34(38)29-13-7-25(8-14-29)12-22-33(37)28-17-19-31(20-18-28)42-35(39)30-15-9-26(10-16-30)11-21-32(36)27-5-3-2-4-6-27/h2-22H,23-24H2,1H3. The van der Waals surface area contributed by atoms with E-state index in [0.717, 1.165) is 11.1 Å². The molecule has 7 nitrogen and oxygen atoms in total. The van der Waals surface area contributed by atoms with Crippen molar-refractivity contribution in [1.82, 2.24) is 0 Å². The first-order valence-corrected chi connectivity index (χ1v) is 13.1. The van der Waals surface area contributed by atoms with Crippen molar-refractivity contribution in [1.29, 1.82) is 0 Å². The molecule has 0 atom stereocenters. The number of allylic oxidation sites excluding steroid dienone is 2. The molecule has 4 aromatic carbocycles. The molecule has 0 aliphatic heterocycles. The summed E-state index contributed by atoms with van der Waals surface area (Å²) in [5, 5.41) is 0. The van der Waals surface area contributed by atoms with Crippen molar-refractivity contribution < 1.29 is 33.4 Å². The van der Waals surface area contributed by atoms with Gasteiger partial charge in [0.1, 0.15) is 12.4 Å². The largest absolute Gasteiger partial charge is 0.460 e. The number of rotatable bonds is 12. The number of benzene rings is 4. The number of carbonyl (C=O) groups excluding carboxylic acids is 4. The molecule has 0 spiro atoms. The molecule has 0 fully saturated rings. The lowest BCUT2D eigenvalue weighted by Gasteiger charge is -2.05. The van der Waals surface area contributed by atoms with Gasteiger partial charge in [0.05, 0.1) is 17.7 Å². The number of ether oxygens (including phenoxy) is 3.